The van der Waals surface area contributed by atoms with E-state index in [1.165, 1.54) is 0 Å². The molecule has 172 valence electrons. The maximum Gasteiger partial charge on any atom is 0.250 e. The molecule has 3 atom stereocenters. The molecule has 4 rings (SSSR count). The number of nitrogens with one attached hydrogen (secondary N) is 1. The summed E-state index contributed by atoms with van der Waals surface area (Å²) in [5.41, 5.74) is -0.759. The molecule has 1 N–H and O–H groups in total. The van der Waals surface area contributed by atoms with E-state index in [0.717, 1.165) is 45.1 Å². The molecule has 3 unspecified atom stereocenters. The molecule has 7 nitrogen and oxygen atoms in total. The van der Waals surface area contributed by atoms with E-state index in [0.29, 0.717) is 32.0 Å². The predicted molar refractivity (Wildman–Crippen MR) is 119 cm³/mol. The van der Waals surface area contributed by atoms with Gasteiger partial charge in [0, 0.05) is 37.6 Å². The summed E-state index contributed by atoms with van der Waals surface area (Å²) in [5.74, 6) is 0.689. The zero-order chi connectivity index (χ0) is 22.2. The Morgan fingerprint density at radius 2 is 1.94 bits per heavy atom. The number of piperidine rings is 1. The number of halogens is 1. The lowest BCUT2D eigenvalue weighted by molar-refractivity contribution is -0.167. The van der Waals surface area contributed by atoms with E-state index in [4.69, 9.17) is 11.6 Å². The van der Waals surface area contributed by atoms with Crippen LogP contribution in [0.4, 0.5) is 0 Å². The lowest BCUT2D eigenvalue weighted by Gasteiger charge is -2.50. The van der Waals surface area contributed by atoms with Crippen LogP contribution in [0.15, 0.2) is 0 Å². The van der Waals surface area contributed by atoms with Crippen LogP contribution in [-0.2, 0) is 9.59 Å². The molecule has 4 fully saturated rings. The largest absolute Gasteiger partial charge is 0.329 e. The van der Waals surface area contributed by atoms with Crippen molar-refractivity contribution in [1.82, 2.24) is 20.0 Å². The molecule has 1 spiro atoms. The quantitative estimate of drug-likeness (QED) is 0.665. The molecule has 0 aromatic heterocycles. The number of carbonyl (C=O) groups excluding carboxylic acids is 2. The van der Waals surface area contributed by atoms with Gasteiger partial charge in [-0.3, -0.25) is 14.5 Å². The highest BCUT2D eigenvalue weighted by Crippen LogP contribution is 2.38. The first-order chi connectivity index (χ1) is 14.8. The lowest BCUT2D eigenvalue weighted by atomic mass is 9.84. The van der Waals surface area contributed by atoms with Crippen LogP contribution in [0.25, 0.3) is 0 Å². The predicted octanol–water partition coefficient (Wildman–Crippen LogP) is 2.16. The van der Waals surface area contributed by atoms with Crippen LogP contribution < -0.4 is 5.32 Å². The molecule has 3 saturated heterocycles. The summed E-state index contributed by atoms with van der Waals surface area (Å²) >= 11 is 6.30. The van der Waals surface area contributed by atoms with Crippen molar-refractivity contribution in [2.24, 2.45) is 11.8 Å². The number of nitriles is 1. The van der Waals surface area contributed by atoms with Crippen LogP contribution in [0.5, 0.6) is 0 Å². The van der Waals surface area contributed by atoms with Gasteiger partial charge in [-0.1, -0.05) is 0 Å². The van der Waals surface area contributed by atoms with E-state index in [9.17, 15) is 14.9 Å². The number of piperazine rings is 1. The Kier molecular flexibility index (Phi) is 6.81. The van der Waals surface area contributed by atoms with E-state index in [1.54, 1.807) is 4.90 Å². The van der Waals surface area contributed by atoms with Crippen molar-refractivity contribution >= 4 is 23.4 Å². The molecule has 2 amide bonds. The van der Waals surface area contributed by atoms with Gasteiger partial charge in [0.25, 0.3) is 5.91 Å². The van der Waals surface area contributed by atoms with E-state index >= 15 is 0 Å². The second-order valence-electron chi connectivity index (χ2n) is 10.2. The third-order valence-corrected chi connectivity index (χ3v) is 8.35. The summed E-state index contributed by atoms with van der Waals surface area (Å²) in [4.78, 5) is 33.2. The zero-order valence-corrected chi connectivity index (χ0v) is 19.6. The number of hydrogen-bond acceptors (Lipinski definition) is 5. The highest BCUT2D eigenvalue weighted by molar-refractivity contribution is 6.20. The number of alkyl halides is 1. The number of likely N-dealkylation sites (tertiary alicyclic amines) is 1. The highest BCUT2D eigenvalue weighted by Gasteiger charge is 2.57. The normalized spacial score (nSPS) is 37.6. The van der Waals surface area contributed by atoms with Crippen molar-refractivity contribution in [2.45, 2.75) is 81.9 Å². The maximum absolute atomic E-state index is 13.8. The molecule has 0 aromatic carbocycles. The van der Waals surface area contributed by atoms with Crippen molar-refractivity contribution < 1.29 is 9.59 Å². The fourth-order valence-electron chi connectivity index (χ4n) is 5.93. The topological polar surface area (TPSA) is 79.7 Å². The molecule has 4 aliphatic rings. The van der Waals surface area contributed by atoms with E-state index in [2.05, 4.69) is 16.3 Å². The minimum atomic E-state index is -0.759. The molecule has 3 aliphatic heterocycles. The molecule has 8 heteroatoms. The smallest absolute Gasteiger partial charge is 0.250 e. The fourth-order valence-corrected chi connectivity index (χ4v) is 6.18. The van der Waals surface area contributed by atoms with Gasteiger partial charge in [-0.25, -0.2) is 0 Å². The summed E-state index contributed by atoms with van der Waals surface area (Å²) in [7, 11) is 0. The Morgan fingerprint density at radius 1 is 1.19 bits per heavy atom. The molecule has 0 aromatic rings. The van der Waals surface area contributed by atoms with Gasteiger partial charge in [0.2, 0.25) is 5.91 Å². The fraction of sp³-hybridized carbons (Fsp3) is 0.870. The Hall–Kier alpha value is -1.36. The number of rotatable bonds is 4. The number of nitrogens with zero attached hydrogens (tertiary/aromatic N) is 4. The first-order valence-corrected chi connectivity index (χ1v) is 12.4. The van der Waals surface area contributed by atoms with Gasteiger partial charge in [-0.05, 0) is 64.7 Å². The van der Waals surface area contributed by atoms with Crippen LogP contribution in [-0.4, -0.2) is 82.4 Å². The van der Waals surface area contributed by atoms with Gasteiger partial charge in [-0.2, -0.15) is 5.26 Å². The Morgan fingerprint density at radius 3 is 2.55 bits per heavy atom. The molecule has 31 heavy (non-hydrogen) atoms. The second kappa shape index (κ2) is 9.25. The van der Waals surface area contributed by atoms with Crippen LogP contribution >= 0.6 is 11.6 Å². The van der Waals surface area contributed by atoms with E-state index in [-0.39, 0.29) is 41.9 Å². The minimum Gasteiger partial charge on any atom is -0.329 e. The number of hydrogen-bond donors (Lipinski definition) is 1. The number of carbonyl (C=O) groups is 2. The maximum atomic E-state index is 13.8. The van der Waals surface area contributed by atoms with Crippen molar-refractivity contribution in [1.29, 1.82) is 5.26 Å². The summed E-state index contributed by atoms with van der Waals surface area (Å²) in [5, 5.41) is 12.9. The lowest BCUT2D eigenvalue weighted by Crippen LogP contribution is -2.71. The molecule has 1 aliphatic carbocycles. The average molecular weight is 450 g/mol. The van der Waals surface area contributed by atoms with Crippen LogP contribution in [0.3, 0.4) is 0 Å². The molecule has 1 saturated carbocycles. The summed E-state index contributed by atoms with van der Waals surface area (Å²) in [6.45, 7) is 6.92. The Balaban J connectivity index is 1.53. The molecule has 0 bridgehead atoms. The third-order valence-electron chi connectivity index (χ3n) is 7.91. The summed E-state index contributed by atoms with van der Waals surface area (Å²) in [6, 6.07) is 2.37. The Bertz CT molecular complexity index is 724. The third kappa shape index (κ3) is 4.44. The monoisotopic (exact) mass is 449 g/mol. The zero-order valence-electron chi connectivity index (χ0n) is 18.9. The van der Waals surface area contributed by atoms with Crippen LogP contribution in [0, 0.1) is 23.2 Å². The van der Waals surface area contributed by atoms with Crippen LogP contribution in [0.2, 0.25) is 0 Å². The van der Waals surface area contributed by atoms with Gasteiger partial charge < -0.3 is 15.1 Å². The first-order valence-electron chi connectivity index (χ1n) is 12.0. The summed E-state index contributed by atoms with van der Waals surface area (Å²) in [6.07, 6.45) is 6.69. The van der Waals surface area contributed by atoms with Gasteiger partial charge >= 0.3 is 0 Å². The molecular weight excluding hydrogens is 414 g/mol. The molecular formula is C23H36ClN5O2. The average Bonchev–Trinajstić information content (AvgIpc) is 3.21. The van der Waals surface area contributed by atoms with Gasteiger partial charge in [0.1, 0.15) is 12.1 Å². The van der Waals surface area contributed by atoms with Crippen LogP contribution in [0.1, 0.15) is 58.8 Å². The van der Waals surface area contributed by atoms with Crippen molar-refractivity contribution in [2.75, 3.05) is 32.7 Å². The van der Waals surface area contributed by atoms with Gasteiger partial charge in [-0.15, -0.1) is 11.6 Å². The van der Waals surface area contributed by atoms with Gasteiger partial charge in [0.05, 0.1) is 18.2 Å². The molecule has 3 heterocycles. The number of amides is 2. The highest BCUT2D eigenvalue weighted by atomic mass is 35.5. The summed E-state index contributed by atoms with van der Waals surface area (Å²) < 4.78 is 0. The van der Waals surface area contributed by atoms with E-state index < -0.39 is 5.54 Å². The van der Waals surface area contributed by atoms with Gasteiger partial charge in [0.15, 0.2) is 0 Å². The standard InChI is InChI=1S/C23H36ClN5O2/c1-16(2)28-14-21(30)29(13-17-3-6-19(24)7-4-17)23(22(28)31)9-10-27(15-23)20-8-5-18(11-25)12-26-20/h16-20,26H,3-10,12-15H2,1-2H3. The SMILES string of the molecule is CC(C)N1CC(=O)N(CC2CCC(Cl)CC2)C2(CCN(C3CCC(C#N)CN3)C2)C1=O. The Labute approximate surface area is 191 Å². The molecule has 0 radical (unpaired) electrons. The first kappa shape index (κ1) is 22.8. The second-order valence-corrected chi connectivity index (χ2v) is 10.8. The van der Waals surface area contributed by atoms with Crippen molar-refractivity contribution in [3.05, 3.63) is 0 Å². The minimum absolute atomic E-state index is 0.0143. The van der Waals surface area contributed by atoms with Crippen molar-refractivity contribution in [3.63, 3.8) is 0 Å². The van der Waals surface area contributed by atoms with Crippen molar-refractivity contribution in [3.8, 4) is 6.07 Å². The van der Waals surface area contributed by atoms with E-state index in [1.807, 2.05) is 18.7 Å².